The number of rotatable bonds is 5. The van der Waals surface area contributed by atoms with E-state index in [4.69, 9.17) is 11.6 Å². The summed E-state index contributed by atoms with van der Waals surface area (Å²) in [6, 6.07) is 9.22. The summed E-state index contributed by atoms with van der Waals surface area (Å²) < 4.78 is 1.62. The van der Waals surface area contributed by atoms with E-state index in [1.54, 1.807) is 22.8 Å². The third-order valence-electron chi connectivity index (χ3n) is 6.63. The van der Waals surface area contributed by atoms with Gasteiger partial charge in [-0.05, 0) is 38.2 Å². The van der Waals surface area contributed by atoms with E-state index in [0.717, 1.165) is 39.1 Å². The van der Waals surface area contributed by atoms with Crippen molar-refractivity contribution in [2.45, 2.75) is 13.0 Å². The van der Waals surface area contributed by atoms with Gasteiger partial charge in [-0.2, -0.15) is 0 Å². The molecule has 1 aliphatic carbocycles. The Hall–Kier alpha value is -3.07. The minimum atomic E-state index is -0.528. The van der Waals surface area contributed by atoms with Crippen LogP contribution in [0.1, 0.15) is 22.3 Å². The lowest BCUT2D eigenvalue weighted by molar-refractivity contribution is -0.384. The molecular formula is C24H23ClN4O4. The molecule has 0 N–H and O–H groups in total. The predicted octanol–water partition coefficient (Wildman–Crippen LogP) is 3.41. The summed E-state index contributed by atoms with van der Waals surface area (Å²) in [5.41, 5.74) is 1.63. The molecule has 3 aromatic rings. The average molecular weight is 467 g/mol. The minimum Gasteiger partial charge on any atom is -0.307 e. The van der Waals surface area contributed by atoms with Crippen LogP contribution in [0.3, 0.4) is 0 Å². The number of carbonyl (C=O) groups excluding carboxylic acids is 1. The van der Waals surface area contributed by atoms with Gasteiger partial charge in [-0.1, -0.05) is 17.7 Å². The topological polar surface area (TPSA) is 88.7 Å². The van der Waals surface area contributed by atoms with E-state index >= 15 is 0 Å². The highest BCUT2D eigenvalue weighted by atomic mass is 35.5. The number of halogens is 1. The summed E-state index contributed by atoms with van der Waals surface area (Å²) in [5.74, 6) is -0.214. The number of pyridine rings is 1. The van der Waals surface area contributed by atoms with Crippen molar-refractivity contribution in [1.29, 1.82) is 0 Å². The fourth-order valence-electron chi connectivity index (χ4n) is 4.84. The van der Waals surface area contributed by atoms with E-state index in [2.05, 4.69) is 16.8 Å². The van der Waals surface area contributed by atoms with Gasteiger partial charge in [-0.15, -0.1) is 0 Å². The van der Waals surface area contributed by atoms with Gasteiger partial charge in [0.15, 0.2) is 5.78 Å². The maximum atomic E-state index is 13.6. The van der Waals surface area contributed by atoms with Gasteiger partial charge in [0, 0.05) is 66.4 Å². The number of nitro groups is 1. The molecular weight excluding hydrogens is 444 g/mol. The molecule has 0 unspecified atom stereocenters. The number of likely N-dealkylation sites (N-methyl/N-ethyl adjacent to an activating group) is 1. The van der Waals surface area contributed by atoms with Crippen molar-refractivity contribution in [3.8, 4) is 11.3 Å². The highest BCUT2D eigenvalue weighted by molar-refractivity contribution is 6.33. The quantitative estimate of drug-likeness (QED) is 0.331. The van der Waals surface area contributed by atoms with Crippen molar-refractivity contribution in [3.63, 3.8) is 0 Å². The van der Waals surface area contributed by atoms with Gasteiger partial charge in [0.2, 0.25) is 0 Å². The maximum Gasteiger partial charge on any atom is 0.270 e. The van der Waals surface area contributed by atoms with Crippen molar-refractivity contribution in [2.24, 2.45) is 0 Å². The number of fused-ring (bicyclic) bond motifs is 5. The monoisotopic (exact) mass is 466 g/mol. The molecule has 8 nitrogen and oxygen atoms in total. The molecule has 0 atom stereocenters. The number of nitro benzene ring substituents is 1. The second-order valence-electron chi connectivity index (χ2n) is 8.68. The van der Waals surface area contributed by atoms with E-state index in [0.29, 0.717) is 39.3 Å². The van der Waals surface area contributed by atoms with Crippen LogP contribution >= 0.6 is 11.6 Å². The summed E-state index contributed by atoms with van der Waals surface area (Å²) in [6.45, 7) is 5.24. The molecule has 9 heteroatoms. The van der Waals surface area contributed by atoms with Gasteiger partial charge in [0.25, 0.3) is 11.2 Å². The molecule has 2 aliphatic rings. The SMILES string of the molecule is CN1CCN(CCCn2c3c(c4ccc([N+](=O)[O-])cc4c2=O)C(=O)c2cc(Cl)ccc2-3)CC1. The number of piperazine rings is 1. The zero-order chi connectivity index (χ0) is 23.3. The zero-order valence-corrected chi connectivity index (χ0v) is 19.0. The molecule has 0 spiro atoms. The number of aromatic nitrogens is 1. The fraction of sp³-hybridized carbons (Fsp3) is 0.333. The summed E-state index contributed by atoms with van der Waals surface area (Å²) in [6.07, 6.45) is 0.730. The summed E-state index contributed by atoms with van der Waals surface area (Å²) in [5, 5.41) is 12.4. The van der Waals surface area contributed by atoms with Crippen molar-refractivity contribution < 1.29 is 9.72 Å². The van der Waals surface area contributed by atoms with Crippen LogP contribution < -0.4 is 5.56 Å². The number of hydrogen-bond acceptors (Lipinski definition) is 6. The van der Waals surface area contributed by atoms with E-state index < -0.39 is 4.92 Å². The highest BCUT2D eigenvalue weighted by Gasteiger charge is 2.33. The number of carbonyl (C=O) groups is 1. The number of ketones is 1. The normalized spacial score (nSPS) is 16.2. The van der Waals surface area contributed by atoms with Crippen LogP contribution in [0, 0.1) is 10.1 Å². The highest BCUT2D eigenvalue weighted by Crippen LogP contribution is 2.40. The first kappa shape index (κ1) is 21.8. The molecule has 0 bridgehead atoms. The minimum absolute atomic E-state index is 0.172. The standard InChI is InChI=1S/C24H23ClN4O4/c1-26-9-11-27(12-10-26)7-2-8-28-22-18-5-3-15(25)13-19(18)23(30)21(22)17-6-4-16(29(32)33)14-20(17)24(28)31/h3-6,13-14H,2,7-12H2,1H3. The fourth-order valence-corrected chi connectivity index (χ4v) is 5.01. The Kier molecular flexibility index (Phi) is 5.52. The van der Waals surface area contributed by atoms with Crippen LogP contribution in [0.5, 0.6) is 0 Å². The van der Waals surface area contributed by atoms with Crippen LogP contribution in [0.4, 0.5) is 5.69 Å². The number of benzene rings is 2. The Bertz CT molecular complexity index is 1360. The second kappa shape index (κ2) is 8.37. The maximum absolute atomic E-state index is 13.6. The van der Waals surface area contributed by atoms with Crippen molar-refractivity contribution >= 4 is 33.8 Å². The Morgan fingerprint density at radius 3 is 2.45 bits per heavy atom. The molecule has 0 saturated carbocycles. The van der Waals surface area contributed by atoms with Gasteiger partial charge in [0.1, 0.15) is 0 Å². The Balaban J connectivity index is 1.61. The zero-order valence-electron chi connectivity index (χ0n) is 18.2. The lowest BCUT2D eigenvalue weighted by atomic mass is 10.0. The van der Waals surface area contributed by atoms with Crippen molar-refractivity contribution in [1.82, 2.24) is 14.4 Å². The largest absolute Gasteiger partial charge is 0.307 e. The molecule has 170 valence electrons. The van der Waals surface area contributed by atoms with Crippen LogP contribution in [0.2, 0.25) is 5.02 Å². The van der Waals surface area contributed by atoms with Gasteiger partial charge in [-0.3, -0.25) is 19.7 Å². The summed E-state index contributed by atoms with van der Waals surface area (Å²) in [4.78, 5) is 42.4. The number of nitrogens with zero attached hydrogens (tertiary/aromatic N) is 4. The third kappa shape index (κ3) is 3.74. The first-order valence-corrected chi connectivity index (χ1v) is 11.3. The molecule has 5 rings (SSSR count). The summed E-state index contributed by atoms with van der Waals surface area (Å²) >= 11 is 6.15. The van der Waals surface area contributed by atoms with E-state index in [9.17, 15) is 19.7 Å². The van der Waals surface area contributed by atoms with E-state index in [1.807, 2.05) is 0 Å². The summed E-state index contributed by atoms with van der Waals surface area (Å²) in [7, 11) is 2.11. The molecule has 2 heterocycles. The lowest BCUT2D eigenvalue weighted by Crippen LogP contribution is -2.44. The van der Waals surface area contributed by atoms with Gasteiger partial charge in [-0.25, -0.2) is 0 Å². The van der Waals surface area contributed by atoms with E-state index in [1.165, 1.54) is 18.2 Å². The molecule has 33 heavy (non-hydrogen) atoms. The molecule has 1 saturated heterocycles. The molecule has 2 aromatic carbocycles. The van der Waals surface area contributed by atoms with Crippen LogP contribution in [0.25, 0.3) is 22.0 Å². The van der Waals surface area contributed by atoms with E-state index in [-0.39, 0.29) is 22.4 Å². The van der Waals surface area contributed by atoms with Gasteiger partial charge >= 0.3 is 0 Å². The average Bonchev–Trinajstić information content (AvgIpc) is 3.08. The smallest absolute Gasteiger partial charge is 0.270 e. The van der Waals surface area contributed by atoms with Crippen LogP contribution in [0.15, 0.2) is 41.2 Å². The number of hydrogen-bond donors (Lipinski definition) is 0. The van der Waals surface area contributed by atoms with Gasteiger partial charge in [0.05, 0.1) is 21.6 Å². The third-order valence-corrected chi connectivity index (χ3v) is 6.86. The van der Waals surface area contributed by atoms with Crippen molar-refractivity contribution in [2.75, 3.05) is 39.8 Å². The van der Waals surface area contributed by atoms with Crippen LogP contribution in [-0.4, -0.2) is 64.8 Å². The first-order chi connectivity index (χ1) is 15.8. The Morgan fingerprint density at radius 1 is 0.970 bits per heavy atom. The van der Waals surface area contributed by atoms with Crippen molar-refractivity contribution in [3.05, 3.63) is 73.0 Å². The lowest BCUT2D eigenvalue weighted by Gasteiger charge is -2.32. The first-order valence-electron chi connectivity index (χ1n) is 11.0. The Morgan fingerprint density at radius 2 is 1.73 bits per heavy atom. The molecule has 1 aliphatic heterocycles. The van der Waals surface area contributed by atoms with Gasteiger partial charge < -0.3 is 14.4 Å². The number of non-ortho nitro benzene ring substituents is 1. The molecule has 0 radical (unpaired) electrons. The van der Waals surface area contributed by atoms with Crippen LogP contribution in [-0.2, 0) is 6.54 Å². The second-order valence-corrected chi connectivity index (χ2v) is 9.12. The Labute approximate surface area is 195 Å². The molecule has 1 fully saturated rings. The molecule has 0 amide bonds. The predicted molar refractivity (Wildman–Crippen MR) is 127 cm³/mol. The molecule has 1 aromatic heterocycles.